The molecule has 2 aromatic heterocycles. The zero-order valence-corrected chi connectivity index (χ0v) is 24.6. The minimum atomic E-state index is -0.707. The number of rotatable bonds is 5. The maximum absolute atomic E-state index is 13.7. The standard InChI is InChI=1S/C29H28Cl2N6O4/c1-29(2,3)36(4)27(38)25-22-14-41-24-11-23(40-5)20(15-6-18(13-33-12-15)34-28(32)39)10-21(24)26(22)37(35-25)19-8-16(30)7-17(31)9-19/h6-13H,14H2,1-5H3,(H3,32,34,39). The monoisotopic (exact) mass is 594 g/mol. The molecular formula is C29H28Cl2N6O4. The fraction of sp³-hybridized carbons (Fsp3) is 0.241. The first-order valence-corrected chi connectivity index (χ1v) is 13.4. The van der Waals surface area contributed by atoms with Gasteiger partial charge in [0.1, 0.15) is 18.1 Å². The van der Waals surface area contributed by atoms with E-state index in [0.29, 0.717) is 60.9 Å². The van der Waals surface area contributed by atoms with Crippen LogP contribution in [-0.4, -0.2) is 51.3 Å². The van der Waals surface area contributed by atoms with Crippen LogP contribution in [0.3, 0.4) is 0 Å². The predicted molar refractivity (Wildman–Crippen MR) is 158 cm³/mol. The van der Waals surface area contributed by atoms with Gasteiger partial charge in [0.25, 0.3) is 5.91 Å². The lowest BCUT2D eigenvalue weighted by molar-refractivity contribution is 0.0646. The van der Waals surface area contributed by atoms with Gasteiger partial charge in [-0.3, -0.25) is 9.78 Å². The number of ether oxygens (including phenoxy) is 2. The molecule has 1 aliphatic rings. The Bertz CT molecular complexity index is 1680. The Kier molecular flexibility index (Phi) is 7.31. The van der Waals surface area contributed by atoms with Crippen molar-refractivity contribution in [1.29, 1.82) is 0 Å². The molecule has 3 N–H and O–H groups in total. The molecule has 212 valence electrons. The molecule has 10 nitrogen and oxygen atoms in total. The summed E-state index contributed by atoms with van der Waals surface area (Å²) in [5, 5.41) is 8.17. The van der Waals surface area contributed by atoms with E-state index in [4.69, 9.17) is 43.5 Å². The molecule has 0 spiro atoms. The van der Waals surface area contributed by atoms with Crippen molar-refractivity contribution in [2.75, 3.05) is 19.5 Å². The van der Waals surface area contributed by atoms with E-state index >= 15 is 0 Å². The highest BCUT2D eigenvalue weighted by atomic mass is 35.5. The van der Waals surface area contributed by atoms with Gasteiger partial charge in [-0.25, -0.2) is 9.48 Å². The number of amides is 3. The van der Waals surface area contributed by atoms with Crippen LogP contribution in [0.25, 0.3) is 28.1 Å². The number of hydrogen-bond acceptors (Lipinski definition) is 6. The normalized spacial score (nSPS) is 12.2. The molecule has 12 heteroatoms. The highest BCUT2D eigenvalue weighted by Gasteiger charge is 2.34. The molecule has 4 aromatic rings. The number of anilines is 1. The average Bonchev–Trinajstić information content (AvgIpc) is 3.30. The number of nitrogens with two attached hydrogens (primary N) is 1. The summed E-state index contributed by atoms with van der Waals surface area (Å²) >= 11 is 12.7. The van der Waals surface area contributed by atoms with Gasteiger partial charge in [-0.15, -0.1) is 0 Å². The molecule has 0 atom stereocenters. The van der Waals surface area contributed by atoms with E-state index < -0.39 is 11.6 Å². The van der Waals surface area contributed by atoms with Crippen molar-refractivity contribution in [3.8, 4) is 39.6 Å². The Morgan fingerprint density at radius 3 is 2.41 bits per heavy atom. The van der Waals surface area contributed by atoms with Crippen molar-refractivity contribution in [1.82, 2.24) is 19.7 Å². The fourth-order valence-electron chi connectivity index (χ4n) is 4.56. The molecule has 3 heterocycles. The number of pyridine rings is 1. The number of nitrogens with zero attached hydrogens (tertiary/aromatic N) is 4. The van der Waals surface area contributed by atoms with Crippen LogP contribution in [0.5, 0.6) is 11.5 Å². The summed E-state index contributed by atoms with van der Waals surface area (Å²) in [5.74, 6) is 0.802. The highest BCUT2D eigenvalue weighted by molar-refractivity contribution is 6.34. The Balaban J connectivity index is 1.77. The first kappa shape index (κ1) is 28.3. The third-order valence-electron chi connectivity index (χ3n) is 6.83. The van der Waals surface area contributed by atoms with Crippen molar-refractivity contribution in [3.05, 3.63) is 70.1 Å². The van der Waals surface area contributed by atoms with E-state index in [2.05, 4.69) is 10.3 Å². The van der Waals surface area contributed by atoms with Crippen molar-refractivity contribution >= 4 is 40.8 Å². The smallest absolute Gasteiger partial charge is 0.316 e. The summed E-state index contributed by atoms with van der Waals surface area (Å²) < 4.78 is 13.5. The number of aromatic nitrogens is 3. The lowest BCUT2D eigenvalue weighted by atomic mass is 9.96. The van der Waals surface area contributed by atoms with Crippen LogP contribution in [0.2, 0.25) is 10.0 Å². The maximum atomic E-state index is 13.7. The number of nitrogens with one attached hydrogen (secondary N) is 1. The van der Waals surface area contributed by atoms with Gasteiger partial charge in [-0.05, 0) is 51.1 Å². The second kappa shape index (κ2) is 10.6. The van der Waals surface area contributed by atoms with Gasteiger partial charge in [-0.1, -0.05) is 23.2 Å². The molecule has 0 unspecified atom stereocenters. The number of benzene rings is 2. The molecule has 0 bridgehead atoms. The molecule has 0 radical (unpaired) electrons. The second-order valence-electron chi connectivity index (χ2n) is 10.5. The number of carbonyl (C=O) groups is 2. The van der Waals surface area contributed by atoms with Gasteiger partial charge >= 0.3 is 6.03 Å². The van der Waals surface area contributed by atoms with Crippen LogP contribution < -0.4 is 20.5 Å². The summed E-state index contributed by atoms with van der Waals surface area (Å²) in [4.78, 5) is 31.1. The van der Waals surface area contributed by atoms with Gasteiger partial charge in [0, 0.05) is 57.1 Å². The van der Waals surface area contributed by atoms with Crippen molar-refractivity contribution in [2.24, 2.45) is 5.73 Å². The van der Waals surface area contributed by atoms with Crippen LogP contribution in [0.15, 0.2) is 48.8 Å². The lowest BCUT2D eigenvalue weighted by Crippen LogP contribution is -2.43. The Labute approximate surface area is 247 Å². The quantitative estimate of drug-likeness (QED) is 0.284. The van der Waals surface area contributed by atoms with Crippen LogP contribution in [0.4, 0.5) is 10.5 Å². The topological polar surface area (TPSA) is 125 Å². The van der Waals surface area contributed by atoms with Gasteiger partial charge in [0.15, 0.2) is 5.69 Å². The molecule has 0 saturated heterocycles. The lowest BCUT2D eigenvalue weighted by Gasteiger charge is -2.31. The van der Waals surface area contributed by atoms with E-state index in [1.54, 1.807) is 60.3 Å². The Morgan fingerprint density at radius 1 is 1.07 bits per heavy atom. The summed E-state index contributed by atoms with van der Waals surface area (Å²) in [6, 6.07) is 9.75. The number of carbonyl (C=O) groups excluding carboxylic acids is 2. The third-order valence-corrected chi connectivity index (χ3v) is 7.27. The van der Waals surface area contributed by atoms with Gasteiger partial charge in [-0.2, -0.15) is 5.10 Å². The number of fused-ring (bicyclic) bond motifs is 3. The largest absolute Gasteiger partial charge is 0.496 e. The maximum Gasteiger partial charge on any atom is 0.316 e. The van der Waals surface area contributed by atoms with Crippen LogP contribution >= 0.6 is 23.2 Å². The minimum absolute atomic E-state index is 0.109. The van der Waals surface area contributed by atoms with Crippen LogP contribution in [0.1, 0.15) is 36.8 Å². The molecule has 0 aliphatic carbocycles. The molecule has 2 aromatic carbocycles. The molecular weight excluding hydrogens is 567 g/mol. The first-order valence-electron chi connectivity index (χ1n) is 12.6. The highest BCUT2D eigenvalue weighted by Crippen LogP contribution is 2.46. The fourth-order valence-corrected chi connectivity index (χ4v) is 5.07. The Morgan fingerprint density at radius 2 is 1.78 bits per heavy atom. The molecule has 0 saturated carbocycles. The van der Waals surface area contributed by atoms with Crippen molar-refractivity contribution < 1.29 is 19.1 Å². The van der Waals surface area contributed by atoms with E-state index in [0.717, 1.165) is 0 Å². The zero-order valence-electron chi connectivity index (χ0n) is 23.1. The van der Waals surface area contributed by atoms with E-state index in [-0.39, 0.29) is 18.2 Å². The number of urea groups is 1. The number of methoxy groups -OCH3 is 1. The molecule has 5 rings (SSSR count). The van der Waals surface area contributed by atoms with Gasteiger partial charge in [0.2, 0.25) is 0 Å². The van der Waals surface area contributed by atoms with Gasteiger partial charge in [0.05, 0.1) is 30.4 Å². The SMILES string of the molecule is COc1cc2c(cc1-c1cncc(NC(N)=O)c1)-c1c(c(C(=O)N(C)C(C)(C)C)nn1-c1cc(Cl)cc(Cl)c1)CO2. The Hall–Kier alpha value is -4.28. The molecule has 41 heavy (non-hydrogen) atoms. The number of primary amides is 1. The summed E-state index contributed by atoms with van der Waals surface area (Å²) in [6.07, 6.45) is 3.13. The molecule has 3 amide bonds. The van der Waals surface area contributed by atoms with E-state index in [9.17, 15) is 9.59 Å². The van der Waals surface area contributed by atoms with Crippen LogP contribution in [0, 0.1) is 0 Å². The van der Waals surface area contributed by atoms with E-state index in [1.807, 2.05) is 26.8 Å². The number of halogens is 2. The average molecular weight is 595 g/mol. The first-order chi connectivity index (χ1) is 19.4. The summed E-state index contributed by atoms with van der Waals surface area (Å²) in [5.41, 5.74) is 9.37. The van der Waals surface area contributed by atoms with Gasteiger partial charge < -0.3 is 25.4 Å². The second-order valence-corrected chi connectivity index (χ2v) is 11.4. The predicted octanol–water partition coefficient (Wildman–Crippen LogP) is 6.17. The van der Waals surface area contributed by atoms with Crippen molar-refractivity contribution in [2.45, 2.75) is 32.9 Å². The zero-order chi connectivity index (χ0) is 29.6. The summed E-state index contributed by atoms with van der Waals surface area (Å²) in [7, 11) is 3.29. The molecule has 0 fully saturated rings. The third kappa shape index (κ3) is 5.40. The summed E-state index contributed by atoms with van der Waals surface area (Å²) in [6.45, 7) is 5.96. The molecule has 1 aliphatic heterocycles. The number of hydrogen-bond donors (Lipinski definition) is 2. The minimum Gasteiger partial charge on any atom is -0.496 e. The van der Waals surface area contributed by atoms with Crippen molar-refractivity contribution in [3.63, 3.8) is 0 Å². The van der Waals surface area contributed by atoms with Crippen LogP contribution in [-0.2, 0) is 6.61 Å². The van der Waals surface area contributed by atoms with E-state index in [1.165, 1.54) is 6.20 Å².